The number of hydrogen-bond donors (Lipinski definition) is 1. The van der Waals surface area contributed by atoms with E-state index in [-0.39, 0.29) is 5.92 Å². The van der Waals surface area contributed by atoms with Crippen molar-refractivity contribution in [2.75, 3.05) is 33.9 Å². The summed E-state index contributed by atoms with van der Waals surface area (Å²) in [5.41, 5.74) is 0. The van der Waals surface area contributed by atoms with E-state index < -0.39 is 11.8 Å². The standard InChI is InChI=1S/C11H21NO4/c1-9(10(13)14)5-4-6-12-7-11(8-12,15-2)16-3/h9H,4-8H2,1-3H3,(H,13,14). The topological polar surface area (TPSA) is 59.0 Å². The third-order valence-electron chi connectivity index (χ3n) is 3.21. The molecule has 0 bridgehead atoms. The van der Waals surface area contributed by atoms with Gasteiger partial charge >= 0.3 is 5.97 Å². The molecule has 0 saturated carbocycles. The quantitative estimate of drug-likeness (QED) is 0.656. The number of carboxylic acids is 1. The zero-order valence-corrected chi connectivity index (χ0v) is 10.2. The Morgan fingerprint density at radius 1 is 1.44 bits per heavy atom. The monoisotopic (exact) mass is 231 g/mol. The van der Waals surface area contributed by atoms with Crippen LogP contribution in [0.3, 0.4) is 0 Å². The Morgan fingerprint density at radius 3 is 2.44 bits per heavy atom. The lowest BCUT2D eigenvalue weighted by Gasteiger charge is -2.47. The molecule has 1 unspecified atom stereocenters. The van der Waals surface area contributed by atoms with Crippen molar-refractivity contribution < 1.29 is 19.4 Å². The molecule has 5 heteroatoms. The van der Waals surface area contributed by atoms with Gasteiger partial charge < -0.3 is 14.6 Å². The van der Waals surface area contributed by atoms with Crippen LogP contribution in [0, 0.1) is 5.92 Å². The van der Waals surface area contributed by atoms with Gasteiger partial charge in [-0.15, -0.1) is 0 Å². The van der Waals surface area contributed by atoms with Gasteiger partial charge in [0.25, 0.3) is 0 Å². The summed E-state index contributed by atoms with van der Waals surface area (Å²) in [5.74, 6) is -1.40. The highest BCUT2D eigenvalue weighted by Gasteiger charge is 2.43. The van der Waals surface area contributed by atoms with Crippen molar-refractivity contribution in [3.63, 3.8) is 0 Å². The number of hydrogen-bond acceptors (Lipinski definition) is 4. The molecule has 1 saturated heterocycles. The molecule has 1 aliphatic heterocycles. The number of rotatable bonds is 7. The molecule has 0 aromatic heterocycles. The first kappa shape index (κ1) is 13.4. The van der Waals surface area contributed by atoms with Gasteiger partial charge in [-0.3, -0.25) is 9.69 Å². The maximum atomic E-state index is 10.6. The highest BCUT2D eigenvalue weighted by atomic mass is 16.7. The maximum Gasteiger partial charge on any atom is 0.306 e. The highest BCUT2D eigenvalue weighted by Crippen LogP contribution is 2.25. The molecule has 1 fully saturated rings. The second-order valence-electron chi connectivity index (χ2n) is 4.41. The van der Waals surface area contributed by atoms with Crippen LogP contribution < -0.4 is 0 Å². The molecule has 1 N–H and O–H groups in total. The predicted octanol–water partition coefficient (Wildman–Crippen LogP) is 0.792. The van der Waals surface area contributed by atoms with Crippen LogP contribution in [0.4, 0.5) is 0 Å². The van der Waals surface area contributed by atoms with Gasteiger partial charge in [-0.05, 0) is 19.4 Å². The zero-order chi connectivity index (χ0) is 12.2. The molecule has 1 rings (SSSR count). The first-order valence-corrected chi connectivity index (χ1v) is 5.58. The van der Waals surface area contributed by atoms with Crippen LogP contribution in [-0.2, 0) is 14.3 Å². The molecular formula is C11H21NO4. The lowest BCUT2D eigenvalue weighted by atomic mass is 10.0. The van der Waals surface area contributed by atoms with E-state index in [0.717, 1.165) is 32.5 Å². The van der Waals surface area contributed by atoms with Gasteiger partial charge in [0.05, 0.1) is 19.0 Å². The molecule has 0 aromatic carbocycles. The van der Waals surface area contributed by atoms with E-state index in [4.69, 9.17) is 14.6 Å². The number of ether oxygens (including phenoxy) is 2. The van der Waals surface area contributed by atoms with E-state index in [2.05, 4.69) is 4.90 Å². The van der Waals surface area contributed by atoms with E-state index in [1.807, 2.05) is 0 Å². The highest BCUT2D eigenvalue weighted by molar-refractivity contribution is 5.69. The second-order valence-corrected chi connectivity index (χ2v) is 4.41. The van der Waals surface area contributed by atoms with Crippen LogP contribution in [-0.4, -0.2) is 55.6 Å². The lowest BCUT2D eigenvalue weighted by Crippen LogP contribution is -2.63. The summed E-state index contributed by atoms with van der Waals surface area (Å²) in [4.78, 5) is 12.8. The molecule has 0 aromatic rings. The summed E-state index contributed by atoms with van der Waals surface area (Å²) in [6.07, 6.45) is 1.62. The Labute approximate surface area is 96.3 Å². The molecule has 0 spiro atoms. The van der Waals surface area contributed by atoms with Crippen molar-refractivity contribution in [1.82, 2.24) is 4.90 Å². The Hall–Kier alpha value is -0.650. The lowest BCUT2D eigenvalue weighted by molar-refractivity contribution is -0.275. The minimum absolute atomic E-state index is 0.254. The van der Waals surface area contributed by atoms with Gasteiger partial charge in [0.15, 0.2) is 5.79 Å². The van der Waals surface area contributed by atoms with Crippen LogP contribution in [0.5, 0.6) is 0 Å². The number of carbonyl (C=O) groups is 1. The molecule has 16 heavy (non-hydrogen) atoms. The molecule has 0 amide bonds. The van der Waals surface area contributed by atoms with Crippen molar-refractivity contribution >= 4 is 5.97 Å². The van der Waals surface area contributed by atoms with Gasteiger partial charge in [-0.2, -0.15) is 0 Å². The summed E-state index contributed by atoms with van der Waals surface area (Å²) < 4.78 is 10.5. The molecule has 5 nitrogen and oxygen atoms in total. The van der Waals surface area contributed by atoms with Crippen LogP contribution in [0.25, 0.3) is 0 Å². The Kier molecular flexibility index (Phi) is 4.70. The maximum absolute atomic E-state index is 10.6. The summed E-state index contributed by atoms with van der Waals surface area (Å²) in [6, 6.07) is 0. The third kappa shape index (κ3) is 3.17. The molecule has 94 valence electrons. The largest absolute Gasteiger partial charge is 0.481 e. The number of carboxylic acid groups (broad SMARTS) is 1. The van der Waals surface area contributed by atoms with Crippen molar-refractivity contribution in [2.24, 2.45) is 5.92 Å². The van der Waals surface area contributed by atoms with E-state index in [1.54, 1.807) is 21.1 Å². The molecule has 1 atom stereocenters. The summed E-state index contributed by atoms with van der Waals surface area (Å²) in [5, 5.41) is 8.72. The Bertz CT molecular complexity index is 232. The van der Waals surface area contributed by atoms with Crippen LogP contribution in [0.1, 0.15) is 19.8 Å². The minimum Gasteiger partial charge on any atom is -0.481 e. The average molecular weight is 231 g/mol. The SMILES string of the molecule is COC1(OC)CN(CCCC(C)C(=O)O)C1. The smallest absolute Gasteiger partial charge is 0.306 e. The van der Waals surface area contributed by atoms with Crippen molar-refractivity contribution in [3.8, 4) is 0 Å². The number of methoxy groups -OCH3 is 2. The average Bonchev–Trinajstić information content (AvgIpc) is 2.21. The molecule has 0 aliphatic carbocycles. The molecule has 1 heterocycles. The number of aliphatic carboxylic acids is 1. The Morgan fingerprint density at radius 2 is 2.00 bits per heavy atom. The number of likely N-dealkylation sites (tertiary alicyclic amines) is 1. The Balaban J connectivity index is 2.12. The van der Waals surface area contributed by atoms with Crippen LogP contribution in [0.2, 0.25) is 0 Å². The first-order valence-electron chi connectivity index (χ1n) is 5.58. The van der Waals surface area contributed by atoms with Gasteiger partial charge in [0.1, 0.15) is 0 Å². The van der Waals surface area contributed by atoms with Crippen molar-refractivity contribution in [3.05, 3.63) is 0 Å². The normalized spacial score (nSPS) is 21.4. The fourth-order valence-electron chi connectivity index (χ4n) is 1.88. The second kappa shape index (κ2) is 5.61. The third-order valence-corrected chi connectivity index (χ3v) is 3.21. The minimum atomic E-state index is -0.716. The van der Waals surface area contributed by atoms with Crippen molar-refractivity contribution in [2.45, 2.75) is 25.6 Å². The molecule has 0 radical (unpaired) electrons. The van der Waals surface area contributed by atoms with E-state index in [0.29, 0.717) is 0 Å². The summed E-state index contributed by atoms with van der Waals surface area (Å²) >= 11 is 0. The fourth-order valence-corrected chi connectivity index (χ4v) is 1.88. The van der Waals surface area contributed by atoms with Crippen molar-refractivity contribution in [1.29, 1.82) is 0 Å². The van der Waals surface area contributed by atoms with E-state index in [1.165, 1.54) is 0 Å². The van der Waals surface area contributed by atoms with Crippen LogP contribution in [0.15, 0.2) is 0 Å². The van der Waals surface area contributed by atoms with Gasteiger partial charge in [-0.1, -0.05) is 6.92 Å². The molecule has 1 aliphatic rings. The summed E-state index contributed by atoms with van der Waals surface area (Å²) in [6.45, 7) is 4.18. The van der Waals surface area contributed by atoms with E-state index >= 15 is 0 Å². The number of nitrogens with zero attached hydrogens (tertiary/aromatic N) is 1. The predicted molar refractivity (Wildman–Crippen MR) is 59.2 cm³/mol. The van der Waals surface area contributed by atoms with E-state index in [9.17, 15) is 4.79 Å². The summed E-state index contributed by atoms with van der Waals surface area (Å²) in [7, 11) is 3.29. The fraction of sp³-hybridized carbons (Fsp3) is 0.909. The van der Waals surface area contributed by atoms with Gasteiger partial charge in [0, 0.05) is 14.2 Å². The molecular weight excluding hydrogens is 210 g/mol. The van der Waals surface area contributed by atoms with Gasteiger partial charge in [0.2, 0.25) is 0 Å². The first-order chi connectivity index (χ1) is 7.53. The van der Waals surface area contributed by atoms with Crippen LogP contribution >= 0.6 is 0 Å². The van der Waals surface area contributed by atoms with Gasteiger partial charge in [-0.25, -0.2) is 0 Å². The zero-order valence-electron chi connectivity index (χ0n) is 10.2.